The summed E-state index contributed by atoms with van der Waals surface area (Å²) in [6.07, 6.45) is -1.03. The number of carboxylic acid groups (broad SMARTS) is 5. The van der Waals surface area contributed by atoms with Crippen LogP contribution in [-0.2, 0) is 40.1 Å². The van der Waals surface area contributed by atoms with E-state index < -0.39 is 110 Å². The van der Waals surface area contributed by atoms with Gasteiger partial charge >= 0.3 is 36.0 Å². The van der Waals surface area contributed by atoms with E-state index in [2.05, 4.69) is 31.8 Å². The molecule has 0 spiro atoms. The van der Waals surface area contributed by atoms with Crippen molar-refractivity contribution in [3.8, 4) is 12.3 Å². The van der Waals surface area contributed by atoms with Crippen LogP contribution in [0.4, 0.5) is 18.9 Å². The molecule has 23 heteroatoms. The highest BCUT2D eigenvalue weighted by molar-refractivity contribution is 5.97. The number of hydrogen-bond acceptors (Lipinski definition) is 11. The van der Waals surface area contributed by atoms with E-state index in [-0.39, 0.29) is 17.7 Å². The van der Waals surface area contributed by atoms with Gasteiger partial charge in [-0.15, -0.1) is 6.42 Å². The number of carbonyl (C=O) groups is 8. The zero-order chi connectivity index (χ0) is 44.4. The molecule has 3 rings (SSSR count). The van der Waals surface area contributed by atoms with E-state index in [0.717, 1.165) is 5.56 Å². The van der Waals surface area contributed by atoms with Crippen molar-refractivity contribution in [3.63, 3.8) is 0 Å². The molecule has 20 nitrogen and oxygen atoms in total. The summed E-state index contributed by atoms with van der Waals surface area (Å²) in [5.74, 6) is -8.45. The number of aromatic nitrogens is 2. The Bertz CT molecular complexity index is 2140. The van der Waals surface area contributed by atoms with E-state index >= 15 is 0 Å². The van der Waals surface area contributed by atoms with Gasteiger partial charge in [0.1, 0.15) is 18.1 Å². The first-order valence-electron chi connectivity index (χ1n) is 17.0. The monoisotopic (exact) mass is 834 g/mol. The largest absolute Gasteiger partial charge is 0.490 e. The molecule has 3 aromatic rings. The molecule has 1 aromatic heterocycles. The van der Waals surface area contributed by atoms with E-state index in [4.69, 9.17) is 26.5 Å². The Morgan fingerprint density at radius 1 is 0.763 bits per heavy atom. The number of carboxylic acids is 5. The second-order valence-electron chi connectivity index (χ2n) is 12.3. The number of carbonyl (C=O) groups excluding carboxylic acids is 3. The van der Waals surface area contributed by atoms with Crippen molar-refractivity contribution >= 4 is 64.2 Å². The lowest BCUT2D eigenvalue weighted by molar-refractivity contribution is -0.192. The molecular formula is C36H37F3N6O14. The molecule has 59 heavy (non-hydrogen) atoms. The third-order valence-corrected chi connectivity index (χ3v) is 7.93. The van der Waals surface area contributed by atoms with E-state index in [0.29, 0.717) is 23.1 Å². The minimum atomic E-state index is -5.08. The number of rotatable bonds is 20. The molecule has 0 aliphatic rings. The third-order valence-electron chi connectivity index (χ3n) is 7.93. The fourth-order valence-electron chi connectivity index (χ4n) is 4.97. The Labute approximate surface area is 330 Å². The smallest absolute Gasteiger partial charge is 0.481 e. The highest BCUT2D eigenvalue weighted by atomic mass is 19.4. The second-order valence-corrected chi connectivity index (χ2v) is 12.3. The molecular weight excluding hydrogens is 797 g/mol. The topological polar surface area (TPSA) is 323 Å². The molecule has 9 N–H and O–H groups in total. The number of nitrogens with zero attached hydrogens (tertiary/aromatic N) is 2. The van der Waals surface area contributed by atoms with Gasteiger partial charge in [-0.25, -0.2) is 24.2 Å². The number of aromatic amines is 1. The first kappa shape index (κ1) is 47.6. The fraction of sp³-hybridized carbons (Fsp3) is 0.333. The van der Waals surface area contributed by atoms with Crippen LogP contribution in [0.5, 0.6) is 0 Å². The average Bonchev–Trinajstić information content (AvgIpc) is 3.16. The molecule has 0 saturated heterocycles. The Hall–Kier alpha value is -7.51. The standard InChI is InChI=1S/C34H36N6O12.C2HF3O2/c1-2-15-40(17-19-3-8-23-22(16-19)31(46)36-18-35-23)21-6-4-20(5-7-21)30(45)39-26(34(51)52)10-13-28(42)37-24(32(47)48)9-12-27(41)38-25(33(49)50)11-14-29(43)44;3-2(4,5)1(6)7/h1,3-8,16,18,24-26H,9-15,17H2,(H,37,42)(H,38,41)(H,39,45)(H,43,44)(H,47,48)(H,49,50)(H,51,52)(H,35,36,46);(H,6,7)/t24-,25-,26-;/m0./s1. The van der Waals surface area contributed by atoms with E-state index in [1.54, 1.807) is 30.3 Å². The lowest BCUT2D eigenvalue weighted by Gasteiger charge is -2.23. The van der Waals surface area contributed by atoms with Gasteiger partial charge in [0.25, 0.3) is 11.5 Å². The minimum Gasteiger partial charge on any atom is -0.481 e. The normalized spacial score (nSPS) is 12.2. The van der Waals surface area contributed by atoms with Crippen LogP contribution in [0.2, 0.25) is 0 Å². The number of alkyl halides is 3. The number of hydrogen-bond donors (Lipinski definition) is 9. The molecule has 0 saturated carbocycles. The van der Waals surface area contributed by atoms with Gasteiger partial charge in [-0.3, -0.25) is 24.0 Å². The van der Waals surface area contributed by atoms with Crippen molar-refractivity contribution in [1.82, 2.24) is 25.9 Å². The van der Waals surface area contributed by atoms with Crippen LogP contribution in [0.1, 0.15) is 54.4 Å². The predicted octanol–water partition coefficient (Wildman–Crippen LogP) is 0.943. The number of halogens is 3. The van der Waals surface area contributed by atoms with Crippen molar-refractivity contribution in [2.24, 2.45) is 0 Å². The van der Waals surface area contributed by atoms with Gasteiger partial charge in [0.2, 0.25) is 11.8 Å². The highest BCUT2D eigenvalue weighted by Crippen LogP contribution is 2.20. The Balaban J connectivity index is 0.00000157. The number of terminal acetylenes is 1. The number of anilines is 1. The Kier molecular flexibility index (Phi) is 18.0. The molecule has 3 amide bonds. The summed E-state index contributed by atoms with van der Waals surface area (Å²) in [6.45, 7) is 0.505. The first-order valence-corrected chi connectivity index (χ1v) is 17.0. The molecule has 0 fully saturated rings. The zero-order valence-electron chi connectivity index (χ0n) is 30.5. The maximum absolute atomic E-state index is 12.9. The molecule has 0 unspecified atom stereocenters. The number of amides is 3. The predicted molar refractivity (Wildman–Crippen MR) is 196 cm³/mol. The second kappa shape index (κ2) is 22.3. The Morgan fingerprint density at radius 2 is 1.25 bits per heavy atom. The minimum absolute atomic E-state index is 0.0979. The van der Waals surface area contributed by atoms with Gasteiger partial charge in [0, 0.05) is 37.1 Å². The van der Waals surface area contributed by atoms with E-state index in [1.807, 2.05) is 4.90 Å². The van der Waals surface area contributed by atoms with Crippen molar-refractivity contribution in [2.75, 3.05) is 11.4 Å². The van der Waals surface area contributed by atoms with Crippen LogP contribution >= 0.6 is 0 Å². The maximum Gasteiger partial charge on any atom is 0.490 e. The maximum atomic E-state index is 12.9. The molecule has 3 atom stereocenters. The van der Waals surface area contributed by atoms with Crippen molar-refractivity contribution in [3.05, 3.63) is 70.3 Å². The molecule has 0 bridgehead atoms. The van der Waals surface area contributed by atoms with Crippen molar-refractivity contribution in [1.29, 1.82) is 0 Å². The number of nitrogens with one attached hydrogen (secondary N) is 4. The third kappa shape index (κ3) is 16.2. The van der Waals surface area contributed by atoms with E-state index in [1.165, 1.54) is 18.5 Å². The summed E-state index contributed by atoms with van der Waals surface area (Å²) < 4.78 is 31.7. The van der Waals surface area contributed by atoms with Crippen LogP contribution < -0.4 is 26.4 Å². The Morgan fingerprint density at radius 3 is 1.71 bits per heavy atom. The number of fused-ring (bicyclic) bond motifs is 1. The molecule has 316 valence electrons. The van der Waals surface area contributed by atoms with Crippen LogP contribution in [0, 0.1) is 12.3 Å². The van der Waals surface area contributed by atoms with Gasteiger partial charge in [-0.1, -0.05) is 12.0 Å². The summed E-state index contributed by atoms with van der Waals surface area (Å²) in [6, 6.07) is 6.70. The van der Waals surface area contributed by atoms with Gasteiger partial charge in [-0.2, -0.15) is 13.2 Å². The summed E-state index contributed by atoms with van der Waals surface area (Å²) in [5.41, 5.74) is 1.74. The SMILES string of the molecule is C#CCN(Cc1ccc2nc[nH]c(=O)c2c1)c1ccc(C(=O)N[C@@H](CCC(=O)N[C@@H](CCC(=O)N[C@@H](CCC(=O)O)C(=O)O)C(=O)O)C(=O)O)cc1.O=C(O)C(F)(F)F. The van der Waals surface area contributed by atoms with Gasteiger partial charge in [0.15, 0.2) is 0 Å². The first-order chi connectivity index (χ1) is 27.6. The molecule has 0 radical (unpaired) electrons. The lowest BCUT2D eigenvalue weighted by Crippen LogP contribution is -2.45. The summed E-state index contributed by atoms with van der Waals surface area (Å²) >= 11 is 0. The number of aliphatic carboxylic acids is 5. The molecule has 0 aliphatic carbocycles. The van der Waals surface area contributed by atoms with Crippen LogP contribution in [0.3, 0.4) is 0 Å². The summed E-state index contributed by atoms with van der Waals surface area (Å²) in [7, 11) is 0. The number of H-pyrrole nitrogens is 1. The average molecular weight is 835 g/mol. The van der Waals surface area contributed by atoms with Crippen LogP contribution in [0.25, 0.3) is 10.9 Å². The van der Waals surface area contributed by atoms with Crippen molar-refractivity contribution < 1.29 is 77.1 Å². The quantitative estimate of drug-likeness (QED) is 0.0716. The van der Waals surface area contributed by atoms with Crippen LogP contribution in [-0.4, -0.2) is 114 Å². The lowest BCUT2D eigenvalue weighted by atomic mass is 10.1. The van der Waals surface area contributed by atoms with Crippen LogP contribution in [0.15, 0.2) is 53.6 Å². The van der Waals surface area contributed by atoms with Gasteiger partial charge in [0.05, 0.1) is 23.8 Å². The van der Waals surface area contributed by atoms with E-state index in [9.17, 15) is 61.7 Å². The number of benzene rings is 2. The fourth-order valence-corrected chi connectivity index (χ4v) is 4.97. The molecule has 2 aromatic carbocycles. The zero-order valence-corrected chi connectivity index (χ0v) is 30.5. The van der Waals surface area contributed by atoms with Crippen molar-refractivity contribution in [2.45, 2.75) is 69.4 Å². The molecule has 0 aliphatic heterocycles. The summed E-state index contributed by atoms with van der Waals surface area (Å²) in [4.78, 5) is 113. The van der Waals surface area contributed by atoms with Gasteiger partial charge in [-0.05, 0) is 61.2 Å². The summed E-state index contributed by atoms with van der Waals surface area (Å²) in [5, 5.41) is 51.2. The van der Waals surface area contributed by atoms with Gasteiger partial charge < -0.3 is 51.4 Å². The molecule has 1 heterocycles. The highest BCUT2D eigenvalue weighted by Gasteiger charge is 2.38.